The van der Waals surface area contributed by atoms with Crippen molar-refractivity contribution >= 4 is 21.5 Å². The number of rotatable bonds is 7. The smallest absolute Gasteiger partial charge is 0.241 e. The molecule has 0 saturated carbocycles. The molecule has 0 atom stereocenters. The molecule has 4 rings (SSSR count). The zero-order chi connectivity index (χ0) is 21.7. The summed E-state index contributed by atoms with van der Waals surface area (Å²) in [6.45, 7) is 5.30. The third-order valence-corrected chi connectivity index (χ3v) is 6.47. The van der Waals surface area contributed by atoms with Crippen LogP contribution >= 0.6 is 0 Å². The van der Waals surface area contributed by atoms with E-state index < -0.39 is 10.0 Å². The van der Waals surface area contributed by atoms with Crippen LogP contribution in [0, 0.1) is 0 Å². The van der Waals surface area contributed by atoms with Crippen LogP contribution in [0.4, 0.5) is 11.5 Å². The maximum atomic E-state index is 11.8. The van der Waals surface area contributed by atoms with Crippen molar-refractivity contribution in [3.05, 3.63) is 84.1 Å². The van der Waals surface area contributed by atoms with E-state index in [0.29, 0.717) is 6.54 Å². The summed E-state index contributed by atoms with van der Waals surface area (Å²) in [6, 6.07) is 21.7. The minimum absolute atomic E-state index is 0.00418. The van der Waals surface area contributed by atoms with E-state index in [1.165, 1.54) is 17.3 Å². The van der Waals surface area contributed by atoms with E-state index in [2.05, 4.69) is 56.5 Å². The van der Waals surface area contributed by atoms with Crippen molar-refractivity contribution in [2.75, 3.05) is 36.4 Å². The number of aromatic nitrogens is 1. The molecule has 0 aliphatic carbocycles. The summed E-state index contributed by atoms with van der Waals surface area (Å²) in [5, 5.41) is 8.46. The largest absolute Gasteiger partial charge is 0.369 e. The van der Waals surface area contributed by atoms with Gasteiger partial charge in [-0.2, -0.15) is 0 Å². The van der Waals surface area contributed by atoms with Crippen molar-refractivity contribution in [1.29, 1.82) is 0 Å². The monoisotopic (exact) mass is 437 g/mol. The first-order valence-corrected chi connectivity index (χ1v) is 11.9. The highest BCUT2D eigenvalue weighted by molar-refractivity contribution is 7.89. The predicted molar refractivity (Wildman–Crippen MR) is 123 cm³/mol. The van der Waals surface area contributed by atoms with Crippen LogP contribution in [0.15, 0.2) is 77.8 Å². The molecular weight excluding hydrogens is 410 g/mol. The van der Waals surface area contributed by atoms with E-state index >= 15 is 0 Å². The molecule has 3 N–H and O–H groups in total. The molecule has 8 heteroatoms. The summed E-state index contributed by atoms with van der Waals surface area (Å²) >= 11 is 0. The van der Waals surface area contributed by atoms with Crippen LogP contribution in [0.2, 0.25) is 0 Å². The van der Waals surface area contributed by atoms with Crippen molar-refractivity contribution in [3.63, 3.8) is 0 Å². The summed E-state index contributed by atoms with van der Waals surface area (Å²) in [5.41, 5.74) is 3.60. The molecule has 0 amide bonds. The van der Waals surface area contributed by atoms with Gasteiger partial charge in [0.1, 0.15) is 10.7 Å². The Hall–Kier alpha value is -2.94. The van der Waals surface area contributed by atoms with Crippen LogP contribution in [-0.4, -0.2) is 44.5 Å². The quantitative estimate of drug-likeness (QED) is 0.591. The molecule has 0 spiro atoms. The molecule has 7 nitrogen and oxygen atoms in total. The number of anilines is 2. The number of piperazine rings is 1. The number of hydrogen-bond donors (Lipinski definition) is 2. The summed E-state index contributed by atoms with van der Waals surface area (Å²) in [7, 11) is -3.84. The molecule has 0 bridgehead atoms. The predicted octanol–water partition coefficient (Wildman–Crippen LogP) is 2.66. The van der Waals surface area contributed by atoms with E-state index in [-0.39, 0.29) is 10.7 Å². The van der Waals surface area contributed by atoms with Gasteiger partial charge in [0.15, 0.2) is 0 Å². The maximum absolute atomic E-state index is 11.8. The Kier molecular flexibility index (Phi) is 6.50. The fourth-order valence-corrected chi connectivity index (χ4v) is 4.52. The Morgan fingerprint density at radius 3 is 2.26 bits per heavy atom. The van der Waals surface area contributed by atoms with Crippen LogP contribution in [0.1, 0.15) is 11.1 Å². The Morgan fingerprint density at radius 1 is 0.871 bits per heavy atom. The maximum Gasteiger partial charge on any atom is 0.241 e. The minimum atomic E-state index is -3.84. The molecule has 31 heavy (non-hydrogen) atoms. The Bertz CT molecular complexity index is 1110. The first kappa shape index (κ1) is 21.3. The van der Waals surface area contributed by atoms with Crippen molar-refractivity contribution in [2.24, 2.45) is 5.14 Å². The molecule has 1 aromatic heterocycles. The highest BCUT2D eigenvalue weighted by Gasteiger charge is 2.19. The van der Waals surface area contributed by atoms with Gasteiger partial charge in [-0.25, -0.2) is 18.5 Å². The lowest BCUT2D eigenvalue weighted by Crippen LogP contribution is -2.46. The highest BCUT2D eigenvalue weighted by Crippen LogP contribution is 2.20. The molecule has 162 valence electrons. The second-order valence-electron chi connectivity index (χ2n) is 7.62. The molecule has 0 radical (unpaired) electrons. The van der Waals surface area contributed by atoms with Crippen LogP contribution in [-0.2, 0) is 23.1 Å². The van der Waals surface area contributed by atoms with Crippen molar-refractivity contribution < 1.29 is 8.42 Å². The van der Waals surface area contributed by atoms with Gasteiger partial charge in [-0.3, -0.25) is 4.90 Å². The van der Waals surface area contributed by atoms with Gasteiger partial charge in [0.25, 0.3) is 0 Å². The fourth-order valence-electron chi connectivity index (χ4n) is 3.86. The Morgan fingerprint density at radius 2 is 1.55 bits per heavy atom. The van der Waals surface area contributed by atoms with Gasteiger partial charge in [0, 0.05) is 51.2 Å². The first-order chi connectivity index (χ1) is 15.0. The molecule has 2 heterocycles. The zero-order valence-corrected chi connectivity index (χ0v) is 18.1. The molecule has 1 saturated heterocycles. The van der Waals surface area contributed by atoms with Crippen LogP contribution in [0.3, 0.4) is 0 Å². The number of pyridine rings is 1. The Labute approximate surface area is 183 Å². The topological polar surface area (TPSA) is 91.6 Å². The molecule has 2 aromatic carbocycles. The minimum Gasteiger partial charge on any atom is -0.369 e. The number of benzene rings is 2. The third-order valence-electron chi connectivity index (χ3n) is 5.53. The first-order valence-electron chi connectivity index (χ1n) is 10.3. The van der Waals surface area contributed by atoms with Crippen LogP contribution in [0.25, 0.3) is 0 Å². The van der Waals surface area contributed by atoms with Crippen molar-refractivity contribution in [1.82, 2.24) is 9.88 Å². The number of hydrogen-bond acceptors (Lipinski definition) is 6. The summed E-state index contributed by atoms with van der Waals surface area (Å²) in [6.07, 6.45) is 1.55. The number of nitrogens with one attached hydrogen (secondary N) is 1. The van der Waals surface area contributed by atoms with E-state index in [0.717, 1.165) is 38.3 Å². The lowest BCUT2D eigenvalue weighted by Gasteiger charge is -2.36. The SMILES string of the molecule is NS(=O)(=O)c1cccnc1NCc1ccccc1CN1CCN(c2ccccc2)CC1. The second-order valence-corrected chi connectivity index (χ2v) is 9.15. The molecule has 1 aliphatic rings. The molecule has 1 aliphatic heterocycles. The number of primary sulfonamides is 1. The van der Waals surface area contributed by atoms with Gasteiger partial charge >= 0.3 is 0 Å². The van der Waals surface area contributed by atoms with E-state index in [4.69, 9.17) is 5.14 Å². The second kappa shape index (κ2) is 9.47. The molecular formula is C23H27N5O2S. The number of para-hydroxylation sites is 1. The van der Waals surface area contributed by atoms with Gasteiger partial charge in [0.05, 0.1) is 0 Å². The van der Waals surface area contributed by atoms with E-state index in [1.54, 1.807) is 12.3 Å². The van der Waals surface area contributed by atoms with Gasteiger partial charge in [-0.1, -0.05) is 42.5 Å². The highest BCUT2D eigenvalue weighted by atomic mass is 32.2. The molecule has 0 unspecified atom stereocenters. The van der Waals surface area contributed by atoms with Gasteiger partial charge in [0.2, 0.25) is 10.0 Å². The van der Waals surface area contributed by atoms with Crippen LogP contribution in [0.5, 0.6) is 0 Å². The van der Waals surface area contributed by atoms with E-state index in [9.17, 15) is 8.42 Å². The summed E-state index contributed by atoms with van der Waals surface area (Å²) in [4.78, 5) is 9.03. The van der Waals surface area contributed by atoms with Gasteiger partial charge < -0.3 is 10.2 Å². The third kappa shape index (κ3) is 5.41. The lowest BCUT2D eigenvalue weighted by atomic mass is 10.1. The zero-order valence-electron chi connectivity index (χ0n) is 17.3. The summed E-state index contributed by atoms with van der Waals surface area (Å²) in [5.74, 6) is 0.274. The van der Waals surface area contributed by atoms with Crippen molar-refractivity contribution in [3.8, 4) is 0 Å². The average molecular weight is 438 g/mol. The fraction of sp³-hybridized carbons (Fsp3) is 0.261. The number of nitrogens with zero attached hydrogens (tertiary/aromatic N) is 3. The van der Waals surface area contributed by atoms with Gasteiger partial charge in [-0.05, 0) is 35.4 Å². The summed E-state index contributed by atoms with van der Waals surface area (Å²) < 4.78 is 23.6. The number of sulfonamides is 1. The molecule has 1 fully saturated rings. The van der Waals surface area contributed by atoms with E-state index in [1.807, 2.05) is 18.2 Å². The standard InChI is InChI=1S/C23H27N5O2S/c24-31(29,30)22-11-6-12-25-23(22)26-17-19-7-4-5-8-20(19)18-27-13-15-28(16-14-27)21-9-2-1-3-10-21/h1-12H,13-18H2,(H,25,26)(H2,24,29,30). The van der Waals surface area contributed by atoms with Gasteiger partial charge in [-0.15, -0.1) is 0 Å². The van der Waals surface area contributed by atoms with Crippen LogP contribution < -0.4 is 15.4 Å². The number of nitrogens with two attached hydrogens (primary N) is 1. The lowest BCUT2D eigenvalue weighted by molar-refractivity contribution is 0.249. The average Bonchev–Trinajstić information content (AvgIpc) is 2.79. The normalized spacial score (nSPS) is 15.1. The Balaban J connectivity index is 1.40. The van der Waals surface area contributed by atoms with Crippen molar-refractivity contribution in [2.45, 2.75) is 18.0 Å². The molecule has 3 aromatic rings.